The number of ether oxygens (including phenoxy) is 1. The molecule has 0 unspecified atom stereocenters. The van der Waals surface area contributed by atoms with E-state index in [1.165, 1.54) is 13.8 Å². The minimum absolute atomic E-state index is 0.0600. The van der Waals surface area contributed by atoms with Crippen molar-refractivity contribution < 1.29 is 129 Å². The molecule has 0 heterocycles. The van der Waals surface area contributed by atoms with Crippen LogP contribution in [0.2, 0.25) is 0 Å². The third-order valence-electron chi connectivity index (χ3n) is 8.47. The lowest BCUT2D eigenvalue weighted by Crippen LogP contribution is -2.78. The summed E-state index contributed by atoms with van der Waals surface area (Å²) in [5.74, 6) is -96.5. The Morgan fingerprint density at radius 2 is 0.726 bits per heavy atom. The largest absolute Gasteiger partial charge is 0.478 e. The van der Waals surface area contributed by atoms with E-state index in [1.807, 2.05) is 6.92 Å². The Kier molecular flexibility index (Phi) is 20.3. The number of aliphatic carboxylic acids is 1. The van der Waals surface area contributed by atoms with Gasteiger partial charge in [0.05, 0.1) is 0 Å². The molecule has 62 heavy (non-hydrogen) atoms. The summed E-state index contributed by atoms with van der Waals surface area (Å²) in [4.78, 5) is 21.8. The summed E-state index contributed by atoms with van der Waals surface area (Å²) in [5.41, 5.74) is -1.16. The SMILES string of the molecule is C=CC(=O)O.CCCCCCCCCC(CCC)=C(CCC)C(=O)OC(F)(F)C(F)(F)C(F)(F)C(F)(F)C(F)(F)C(F)(F)C(F)(F)C(F)(F)C(F)(F)C(F)(F)C(F)(F)C(F)(F)F. The fourth-order valence-corrected chi connectivity index (χ4v) is 4.88. The first-order valence-corrected chi connectivity index (χ1v) is 17.4. The molecule has 0 radical (unpaired) electrons. The molecule has 0 amide bonds. The third-order valence-corrected chi connectivity index (χ3v) is 8.47. The molecule has 0 fully saturated rings. The Bertz CT molecular complexity index is 1520. The van der Waals surface area contributed by atoms with Crippen LogP contribution in [0, 0.1) is 0 Å². The van der Waals surface area contributed by atoms with Crippen LogP contribution in [-0.2, 0) is 14.3 Å². The van der Waals surface area contributed by atoms with Crippen molar-refractivity contribution in [1.82, 2.24) is 0 Å². The van der Waals surface area contributed by atoms with Crippen molar-refractivity contribution in [3.8, 4) is 0 Å². The zero-order valence-corrected chi connectivity index (χ0v) is 31.9. The topological polar surface area (TPSA) is 63.6 Å². The molecule has 0 aromatic rings. The average Bonchev–Trinajstić information content (AvgIpc) is 3.11. The maximum Gasteiger partial charge on any atom is 0.473 e. The second-order valence-electron chi connectivity index (χ2n) is 13.1. The van der Waals surface area contributed by atoms with Crippen LogP contribution in [0.1, 0.15) is 97.8 Å². The molecule has 368 valence electrons. The lowest BCUT2D eigenvalue weighted by molar-refractivity contribution is -0.487. The molecule has 0 aromatic carbocycles. The molecular formula is C33H37F25O4. The quantitative estimate of drug-likeness (QED) is 0.0428. The number of carboxylic acids is 1. The van der Waals surface area contributed by atoms with Gasteiger partial charge in [-0.3, -0.25) is 0 Å². The normalized spacial score (nSPS) is 15.1. The van der Waals surface area contributed by atoms with Gasteiger partial charge in [0.25, 0.3) is 0 Å². The van der Waals surface area contributed by atoms with Crippen molar-refractivity contribution in [2.24, 2.45) is 0 Å². The average molecular weight is 973 g/mol. The first kappa shape index (κ1) is 60.8. The molecule has 1 N–H and O–H groups in total. The van der Waals surface area contributed by atoms with Gasteiger partial charge in [-0.1, -0.05) is 84.3 Å². The molecule has 4 nitrogen and oxygen atoms in total. The summed E-state index contributed by atoms with van der Waals surface area (Å²) in [6.07, 6.45) is -11.9. The fourth-order valence-electron chi connectivity index (χ4n) is 4.88. The van der Waals surface area contributed by atoms with Gasteiger partial charge in [0.15, 0.2) is 0 Å². The van der Waals surface area contributed by atoms with E-state index in [0.717, 1.165) is 25.3 Å². The van der Waals surface area contributed by atoms with E-state index in [0.29, 0.717) is 19.3 Å². The zero-order valence-electron chi connectivity index (χ0n) is 31.9. The summed E-state index contributed by atoms with van der Waals surface area (Å²) in [6.45, 7) is 7.47. The lowest BCUT2D eigenvalue weighted by atomic mass is 9.85. The van der Waals surface area contributed by atoms with Crippen molar-refractivity contribution in [3.05, 3.63) is 23.8 Å². The van der Waals surface area contributed by atoms with Crippen molar-refractivity contribution in [3.63, 3.8) is 0 Å². The molecule has 0 bridgehead atoms. The van der Waals surface area contributed by atoms with Crippen molar-refractivity contribution in [2.45, 2.75) is 169 Å². The number of esters is 1. The first-order valence-electron chi connectivity index (χ1n) is 17.4. The standard InChI is InChI=1S/C30H33F25O2.C3H4O2/c1-4-7-8-9-10-11-12-15-16(13-5-2)17(14-6-3)18(56)57-30(54,55)28(49,50)26(45,46)24(41,42)22(37,38)20(33,34)19(31,32)21(35,36)23(39,40)25(43,44)27(47,48)29(51,52)53;1-2-3(4)5/h4-15H2,1-3H3;2H,1H2,(H,4,5). The van der Waals surface area contributed by atoms with Crippen LogP contribution in [0.4, 0.5) is 110 Å². The fraction of sp³-hybridized carbons (Fsp3) is 0.818. The van der Waals surface area contributed by atoms with Crippen LogP contribution < -0.4 is 0 Å². The molecule has 0 aromatic heterocycles. The van der Waals surface area contributed by atoms with Crippen molar-refractivity contribution in [1.29, 1.82) is 0 Å². The molecule has 0 saturated heterocycles. The number of allylic oxidation sites excluding steroid dienone is 1. The highest BCUT2D eigenvalue weighted by Gasteiger charge is 3.00. The second-order valence-corrected chi connectivity index (χ2v) is 13.1. The summed E-state index contributed by atoms with van der Waals surface area (Å²) in [7, 11) is 0. The Balaban J connectivity index is 0. The summed E-state index contributed by atoms with van der Waals surface area (Å²) in [6, 6.07) is 0. The Morgan fingerprint density at radius 3 is 1.02 bits per heavy atom. The van der Waals surface area contributed by atoms with E-state index in [2.05, 4.69) is 11.3 Å². The number of hydrogen-bond acceptors (Lipinski definition) is 3. The first-order chi connectivity index (χ1) is 27.4. The summed E-state index contributed by atoms with van der Waals surface area (Å²) < 4.78 is 347. The molecular weight excluding hydrogens is 935 g/mol. The van der Waals surface area contributed by atoms with E-state index in [4.69, 9.17) is 5.11 Å². The van der Waals surface area contributed by atoms with Gasteiger partial charge in [-0.2, -0.15) is 110 Å². The highest BCUT2D eigenvalue weighted by molar-refractivity contribution is 5.89. The monoisotopic (exact) mass is 972 g/mol. The molecule has 29 heteroatoms. The van der Waals surface area contributed by atoms with Crippen molar-refractivity contribution >= 4 is 11.9 Å². The summed E-state index contributed by atoms with van der Waals surface area (Å²) >= 11 is 0. The Hall–Kier alpha value is -3.33. The van der Waals surface area contributed by atoms with E-state index in [9.17, 15) is 119 Å². The van der Waals surface area contributed by atoms with Crippen LogP contribution in [0.3, 0.4) is 0 Å². The van der Waals surface area contributed by atoms with E-state index < -0.39 is 95.4 Å². The third kappa shape index (κ3) is 11.1. The van der Waals surface area contributed by atoms with Gasteiger partial charge >= 0.3 is 83.4 Å². The number of carbonyl (C=O) groups excluding carboxylic acids is 1. The predicted molar refractivity (Wildman–Crippen MR) is 164 cm³/mol. The van der Waals surface area contributed by atoms with Crippen LogP contribution >= 0.6 is 0 Å². The Labute approximate surface area is 334 Å². The molecule has 0 aliphatic rings. The molecule has 0 atom stereocenters. The minimum atomic E-state index is -9.67. The second kappa shape index (κ2) is 20.7. The van der Waals surface area contributed by atoms with Crippen LogP contribution in [0.25, 0.3) is 0 Å². The van der Waals surface area contributed by atoms with Gasteiger partial charge in [0, 0.05) is 11.6 Å². The van der Waals surface area contributed by atoms with Crippen LogP contribution in [0.15, 0.2) is 23.8 Å². The number of alkyl halides is 25. The zero-order chi connectivity index (χ0) is 50.2. The number of carbonyl (C=O) groups is 2. The molecule has 0 rings (SSSR count). The van der Waals surface area contributed by atoms with E-state index >= 15 is 0 Å². The van der Waals surface area contributed by atoms with Crippen LogP contribution in [0.5, 0.6) is 0 Å². The van der Waals surface area contributed by atoms with Crippen molar-refractivity contribution in [2.75, 3.05) is 0 Å². The smallest absolute Gasteiger partial charge is 0.473 e. The van der Waals surface area contributed by atoms with Gasteiger partial charge in [-0.25, -0.2) is 9.59 Å². The van der Waals surface area contributed by atoms with E-state index in [1.54, 1.807) is 0 Å². The molecule has 0 aliphatic heterocycles. The number of hydrogen-bond donors (Lipinski definition) is 1. The highest BCUT2D eigenvalue weighted by Crippen LogP contribution is 2.67. The summed E-state index contributed by atoms with van der Waals surface area (Å²) in [5, 5.41) is 7.60. The van der Waals surface area contributed by atoms with Gasteiger partial charge in [-0.15, -0.1) is 0 Å². The maximum atomic E-state index is 14.5. The van der Waals surface area contributed by atoms with Gasteiger partial charge < -0.3 is 9.84 Å². The van der Waals surface area contributed by atoms with Crippen LogP contribution in [-0.4, -0.2) is 88.6 Å². The van der Waals surface area contributed by atoms with E-state index in [-0.39, 0.29) is 37.7 Å². The Morgan fingerprint density at radius 1 is 0.435 bits per heavy atom. The predicted octanol–water partition coefficient (Wildman–Crippen LogP) is 14.3. The number of rotatable bonds is 25. The molecule has 0 spiro atoms. The minimum Gasteiger partial charge on any atom is -0.478 e. The van der Waals surface area contributed by atoms with Gasteiger partial charge in [0.1, 0.15) is 0 Å². The van der Waals surface area contributed by atoms with Gasteiger partial charge in [0.2, 0.25) is 0 Å². The molecule has 0 saturated carbocycles. The maximum absolute atomic E-state index is 14.5. The molecule has 0 aliphatic carbocycles. The lowest BCUT2D eigenvalue weighted by Gasteiger charge is -2.45. The number of unbranched alkanes of at least 4 members (excludes halogenated alkanes) is 6. The van der Waals surface area contributed by atoms with Gasteiger partial charge in [-0.05, 0) is 25.7 Å². The number of halogens is 25. The number of carboxylic acid groups (broad SMARTS) is 1. The highest BCUT2D eigenvalue weighted by atomic mass is 19.4.